The summed E-state index contributed by atoms with van der Waals surface area (Å²) < 4.78 is 0. The molecule has 0 fully saturated rings. The van der Waals surface area contributed by atoms with Gasteiger partial charge < -0.3 is 4.98 Å². The SMILES string of the molecule is C=Cc1cc2nc(C)ccc2cc1-c1cnc(CCCCCCC(=O)CC)[nH]1. The normalized spacial score (nSPS) is 11.1. The van der Waals surface area contributed by atoms with E-state index in [0.29, 0.717) is 12.2 Å². The van der Waals surface area contributed by atoms with Crippen molar-refractivity contribution in [2.75, 3.05) is 0 Å². The standard InChI is InChI=1S/C24H29N3O/c1-4-18-15-22-19(13-12-17(3)26-22)14-21(18)23-16-25-24(27-23)11-9-7-6-8-10-20(28)5-2/h4,12-16H,1,5-11H2,2-3H3,(H,25,27). The van der Waals surface area contributed by atoms with Crippen LogP contribution in [0.15, 0.2) is 37.0 Å². The predicted octanol–water partition coefficient (Wildman–Crippen LogP) is 6.05. The number of fused-ring (bicyclic) bond motifs is 1. The number of aromatic nitrogens is 3. The molecule has 3 aromatic rings. The highest BCUT2D eigenvalue weighted by Crippen LogP contribution is 2.28. The number of hydrogen-bond donors (Lipinski definition) is 1. The summed E-state index contributed by atoms with van der Waals surface area (Å²) in [5.74, 6) is 1.38. The van der Waals surface area contributed by atoms with E-state index >= 15 is 0 Å². The van der Waals surface area contributed by atoms with Gasteiger partial charge in [-0.2, -0.15) is 0 Å². The quantitative estimate of drug-likeness (QED) is 0.439. The monoisotopic (exact) mass is 375 g/mol. The minimum atomic E-state index is 0.370. The molecule has 1 aromatic carbocycles. The van der Waals surface area contributed by atoms with Crippen LogP contribution in [0.2, 0.25) is 0 Å². The zero-order chi connectivity index (χ0) is 19.9. The molecule has 0 saturated carbocycles. The molecule has 0 radical (unpaired) electrons. The van der Waals surface area contributed by atoms with Gasteiger partial charge in [-0.25, -0.2) is 4.98 Å². The van der Waals surface area contributed by atoms with Crippen molar-refractivity contribution in [3.8, 4) is 11.3 Å². The van der Waals surface area contributed by atoms with Crippen LogP contribution in [0.5, 0.6) is 0 Å². The Morgan fingerprint density at radius 1 is 1.18 bits per heavy atom. The average molecular weight is 376 g/mol. The number of carbonyl (C=O) groups is 1. The molecule has 0 aliphatic rings. The first kappa shape index (κ1) is 20.0. The van der Waals surface area contributed by atoms with Crippen LogP contribution in [0.4, 0.5) is 0 Å². The molecular weight excluding hydrogens is 346 g/mol. The number of imidazole rings is 1. The first-order valence-electron chi connectivity index (χ1n) is 10.2. The first-order valence-corrected chi connectivity index (χ1v) is 10.2. The van der Waals surface area contributed by atoms with Gasteiger partial charge in [-0.15, -0.1) is 0 Å². The van der Waals surface area contributed by atoms with Gasteiger partial charge in [0.1, 0.15) is 11.6 Å². The highest BCUT2D eigenvalue weighted by Gasteiger charge is 2.10. The average Bonchev–Trinajstić information content (AvgIpc) is 3.17. The topological polar surface area (TPSA) is 58.6 Å². The van der Waals surface area contributed by atoms with Gasteiger partial charge in [-0.1, -0.05) is 38.5 Å². The van der Waals surface area contributed by atoms with Gasteiger partial charge in [-0.05, 0) is 43.5 Å². The lowest BCUT2D eigenvalue weighted by Crippen LogP contribution is -1.95. The fraction of sp³-hybridized carbons (Fsp3) is 0.375. The molecule has 28 heavy (non-hydrogen) atoms. The summed E-state index contributed by atoms with van der Waals surface area (Å²) in [7, 11) is 0. The number of pyridine rings is 1. The van der Waals surface area contributed by atoms with E-state index in [0.717, 1.165) is 77.8 Å². The number of rotatable bonds is 10. The van der Waals surface area contributed by atoms with Crippen LogP contribution in [-0.2, 0) is 11.2 Å². The molecule has 0 amide bonds. The number of ketones is 1. The summed E-state index contributed by atoms with van der Waals surface area (Å²) in [6.07, 6.45) is 10.4. The zero-order valence-corrected chi connectivity index (χ0v) is 16.9. The Morgan fingerprint density at radius 2 is 2.00 bits per heavy atom. The second-order valence-electron chi connectivity index (χ2n) is 7.34. The number of carbonyl (C=O) groups excluding carboxylic acids is 1. The van der Waals surface area contributed by atoms with E-state index in [-0.39, 0.29) is 0 Å². The van der Waals surface area contributed by atoms with Crippen LogP contribution in [0, 0.1) is 6.92 Å². The third-order valence-corrected chi connectivity index (χ3v) is 5.15. The molecule has 4 nitrogen and oxygen atoms in total. The van der Waals surface area contributed by atoms with Crippen molar-refractivity contribution in [1.82, 2.24) is 15.0 Å². The van der Waals surface area contributed by atoms with Crippen LogP contribution in [0.1, 0.15) is 62.5 Å². The van der Waals surface area contributed by atoms with Crippen molar-refractivity contribution in [1.29, 1.82) is 0 Å². The minimum Gasteiger partial charge on any atom is -0.342 e. The minimum absolute atomic E-state index is 0.370. The molecule has 0 atom stereocenters. The number of benzene rings is 1. The third-order valence-electron chi connectivity index (χ3n) is 5.15. The van der Waals surface area contributed by atoms with Gasteiger partial charge in [0, 0.05) is 35.9 Å². The third kappa shape index (κ3) is 4.94. The number of unbranched alkanes of at least 4 members (excludes halogenated alkanes) is 3. The van der Waals surface area contributed by atoms with Crippen molar-refractivity contribution in [2.24, 2.45) is 0 Å². The fourth-order valence-electron chi connectivity index (χ4n) is 3.46. The second kappa shape index (κ2) is 9.45. The van der Waals surface area contributed by atoms with Gasteiger partial charge in [0.05, 0.1) is 17.4 Å². The number of nitrogens with zero attached hydrogens (tertiary/aromatic N) is 2. The molecule has 0 unspecified atom stereocenters. The lowest BCUT2D eigenvalue weighted by Gasteiger charge is -2.07. The lowest BCUT2D eigenvalue weighted by molar-refractivity contribution is -0.118. The maximum Gasteiger partial charge on any atom is 0.132 e. The molecule has 0 aliphatic carbocycles. The molecular formula is C24H29N3O. The molecule has 2 heterocycles. The maximum atomic E-state index is 11.3. The lowest BCUT2D eigenvalue weighted by atomic mass is 10.0. The molecule has 4 heteroatoms. The van der Waals surface area contributed by atoms with Crippen molar-refractivity contribution >= 4 is 22.8 Å². The highest BCUT2D eigenvalue weighted by molar-refractivity contribution is 5.89. The fourth-order valence-corrected chi connectivity index (χ4v) is 3.46. The van der Waals surface area contributed by atoms with E-state index < -0.39 is 0 Å². The number of nitrogens with one attached hydrogen (secondary N) is 1. The van der Waals surface area contributed by atoms with Gasteiger partial charge in [0.2, 0.25) is 0 Å². The number of aromatic amines is 1. The van der Waals surface area contributed by atoms with Crippen LogP contribution in [-0.4, -0.2) is 20.7 Å². The summed E-state index contributed by atoms with van der Waals surface area (Å²) >= 11 is 0. The summed E-state index contributed by atoms with van der Waals surface area (Å²) in [6.45, 7) is 7.90. The van der Waals surface area contributed by atoms with Gasteiger partial charge >= 0.3 is 0 Å². The van der Waals surface area contributed by atoms with Crippen molar-refractivity contribution in [3.63, 3.8) is 0 Å². The molecule has 2 aromatic heterocycles. The van der Waals surface area contributed by atoms with Gasteiger partial charge in [-0.3, -0.25) is 9.78 Å². The number of hydrogen-bond acceptors (Lipinski definition) is 3. The number of H-pyrrole nitrogens is 1. The van der Waals surface area contributed by atoms with Crippen molar-refractivity contribution < 1.29 is 4.79 Å². The van der Waals surface area contributed by atoms with E-state index in [1.54, 1.807) is 0 Å². The van der Waals surface area contributed by atoms with Gasteiger partial charge in [0.25, 0.3) is 0 Å². The van der Waals surface area contributed by atoms with Crippen molar-refractivity contribution in [2.45, 2.75) is 58.8 Å². The zero-order valence-electron chi connectivity index (χ0n) is 16.9. The summed E-state index contributed by atoms with van der Waals surface area (Å²) in [5, 5.41) is 1.11. The van der Waals surface area contributed by atoms with Crippen LogP contribution < -0.4 is 0 Å². The molecule has 1 N–H and O–H groups in total. The van der Waals surface area contributed by atoms with E-state index in [4.69, 9.17) is 0 Å². The largest absolute Gasteiger partial charge is 0.342 e. The molecule has 0 spiro atoms. The summed E-state index contributed by atoms with van der Waals surface area (Å²) in [4.78, 5) is 24.0. The van der Waals surface area contributed by atoms with Crippen LogP contribution >= 0.6 is 0 Å². The Kier molecular flexibility index (Phi) is 6.75. The maximum absolute atomic E-state index is 11.3. The van der Waals surface area contributed by atoms with Crippen LogP contribution in [0.25, 0.3) is 28.2 Å². The number of aryl methyl sites for hydroxylation is 2. The van der Waals surface area contributed by atoms with Gasteiger partial charge in [0.15, 0.2) is 0 Å². The molecule has 146 valence electrons. The molecule has 0 saturated heterocycles. The van der Waals surface area contributed by atoms with Crippen molar-refractivity contribution in [3.05, 3.63) is 54.1 Å². The Hall–Kier alpha value is -2.75. The Labute approximate surface area is 167 Å². The highest BCUT2D eigenvalue weighted by atomic mass is 16.1. The molecule has 0 aliphatic heterocycles. The predicted molar refractivity (Wildman–Crippen MR) is 116 cm³/mol. The first-order chi connectivity index (χ1) is 13.6. The van der Waals surface area contributed by atoms with E-state index in [2.05, 4.69) is 39.7 Å². The summed E-state index contributed by atoms with van der Waals surface area (Å²) in [5.41, 5.74) is 5.17. The Balaban J connectivity index is 1.64. The molecule has 3 rings (SSSR count). The summed E-state index contributed by atoms with van der Waals surface area (Å²) in [6, 6.07) is 8.38. The van der Waals surface area contributed by atoms with E-state index in [9.17, 15) is 4.79 Å². The smallest absolute Gasteiger partial charge is 0.132 e. The number of Topliss-reactive ketones (excluding diaryl/α,β-unsaturated/α-hetero) is 1. The van der Waals surface area contributed by atoms with Crippen LogP contribution in [0.3, 0.4) is 0 Å². The van der Waals surface area contributed by atoms with E-state index in [1.165, 1.54) is 0 Å². The second-order valence-corrected chi connectivity index (χ2v) is 7.34. The Morgan fingerprint density at radius 3 is 2.79 bits per heavy atom. The molecule has 0 bridgehead atoms. The van der Waals surface area contributed by atoms with E-state index in [1.807, 2.05) is 32.2 Å². The Bertz CT molecular complexity index is 971.